The zero-order valence-electron chi connectivity index (χ0n) is 13.1. The molecule has 1 heterocycles. The highest BCUT2D eigenvalue weighted by atomic mass is 35.5. The lowest BCUT2D eigenvalue weighted by Crippen LogP contribution is -2.54. The maximum Gasteiger partial charge on any atom is 0.306 e. The molecule has 2 rings (SSSR count). The van der Waals surface area contributed by atoms with Crippen LogP contribution >= 0.6 is 11.6 Å². The van der Waals surface area contributed by atoms with E-state index in [1.165, 1.54) is 0 Å². The number of hydrogen-bond donors (Lipinski definition) is 1. The van der Waals surface area contributed by atoms with Crippen LogP contribution in [-0.2, 0) is 14.3 Å². The van der Waals surface area contributed by atoms with Gasteiger partial charge in [0.2, 0.25) is 0 Å². The second-order valence-corrected chi connectivity index (χ2v) is 6.35. The average Bonchev–Trinajstić information content (AvgIpc) is 2.45. The number of ether oxygens (including phenoxy) is 2. The number of morpholine rings is 1. The van der Waals surface area contributed by atoms with Gasteiger partial charge in [-0.05, 0) is 32.0 Å². The first-order chi connectivity index (χ1) is 10.8. The van der Waals surface area contributed by atoms with E-state index < -0.39 is 17.7 Å². The monoisotopic (exact) mass is 341 g/mol. The van der Waals surface area contributed by atoms with Crippen molar-refractivity contribution in [3.8, 4) is 5.75 Å². The summed E-state index contributed by atoms with van der Waals surface area (Å²) in [6, 6.07) is 6.84. The van der Waals surface area contributed by atoms with E-state index in [-0.39, 0.29) is 18.9 Å². The van der Waals surface area contributed by atoms with Crippen LogP contribution in [0.25, 0.3) is 0 Å². The number of benzene rings is 1. The summed E-state index contributed by atoms with van der Waals surface area (Å²) < 4.78 is 11.2. The number of carboxylic acid groups (broad SMARTS) is 1. The van der Waals surface area contributed by atoms with E-state index in [0.29, 0.717) is 23.9 Å². The van der Waals surface area contributed by atoms with Crippen LogP contribution in [0, 0.1) is 0 Å². The minimum atomic E-state index is -1.09. The molecule has 0 aliphatic carbocycles. The molecule has 1 atom stereocenters. The molecule has 1 saturated heterocycles. The minimum absolute atomic E-state index is 0.126. The predicted octanol–water partition coefficient (Wildman–Crippen LogP) is 2.20. The Bertz CT molecular complexity index is 590. The van der Waals surface area contributed by atoms with Gasteiger partial charge in [0.15, 0.2) is 5.60 Å². The number of amides is 1. The highest BCUT2D eigenvalue weighted by Gasteiger charge is 2.37. The van der Waals surface area contributed by atoms with Crippen molar-refractivity contribution < 1.29 is 24.2 Å². The first-order valence-corrected chi connectivity index (χ1v) is 7.73. The van der Waals surface area contributed by atoms with Crippen LogP contribution in [0.3, 0.4) is 0 Å². The van der Waals surface area contributed by atoms with Crippen LogP contribution in [0.5, 0.6) is 5.75 Å². The van der Waals surface area contributed by atoms with Crippen molar-refractivity contribution in [2.75, 3.05) is 19.7 Å². The number of aliphatic carboxylic acids is 1. The van der Waals surface area contributed by atoms with Crippen LogP contribution in [0.2, 0.25) is 5.02 Å². The SMILES string of the molecule is CC(C)(Oc1cccc(Cl)c1)C(=O)N1CCOC(CC(=O)O)C1. The molecule has 0 radical (unpaired) electrons. The molecule has 7 heteroatoms. The van der Waals surface area contributed by atoms with Crippen LogP contribution in [0.15, 0.2) is 24.3 Å². The van der Waals surface area contributed by atoms with E-state index in [1.54, 1.807) is 43.0 Å². The third-order valence-electron chi connectivity index (χ3n) is 3.51. The standard InChI is InChI=1S/C16H20ClNO5/c1-16(2,23-12-5-3-4-11(17)8-12)15(21)18-6-7-22-13(10-18)9-14(19)20/h3-5,8,13H,6-7,9-10H2,1-2H3,(H,19,20). The van der Waals surface area contributed by atoms with Crippen molar-refractivity contribution in [2.45, 2.75) is 32.0 Å². The number of carbonyl (C=O) groups is 2. The lowest BCUT2D eigenvalue weighted by molar-refractivity contribution is -0.156. The van der Waals surface area contributed by atoms with E-state index in [2.05, 4.69) is 0 Å². The van der Waals surface area contributed by atoms with Crippen molar-refractivity contribution in [1.29, 1.82) is 0 Å². The topological polar surface area (TPSA) is 76.1 Å². The molecule has 0 saturated carbocycles. The molecule has 1 aromatic rings. The van der Waals surface area contributed by atoms with Gasteiger partial charge in [0.05, 0.1) is 19.1 Å². The number of carbonyl (C=O) groups excluding carboxylic acids is 1. The summed E-state index contributed by atoms with van der Waals surface area (Å²) in [5, 5.41) is 9.38. The lowest BCUT2D eigenvalue weighted by atomic mass is 10.1. The van der Waals surface area contributed by atoms with Gasteiger partial charge in [-0.25, -0.2) is 0 Å². The first-order valence-electron chi connectivity index (χ1n) is 7.35. The minimum Gasteiger partial charge on any atom is -0.481 e. The molecular weight excluding hydrogens is 322 g/mol. The Balaban J connectivity index is 2.03. The zero-order valence-corrected chi connectivity index (χ0v) is 13.9. The Morgan fingerprint density at radius 1 is 1.48 bits per heavy atom. The molecule has 23 heavy (non-hydrogen) atoms. The van der Waals surface area contributed by atoms with E-state index in [9.17, 15) is 9.59 Å². The Labute approximate surface area is 139 Å². The fourth-order valence-corrected chi connectivity index (χ4v) is 2.65. The van der Waals surface area contributed by atoms with Crippen molar-refractivity contribution in [2.24, 2.45) is 0 Å². The summed E-state index contributed by atoms with van der Waals surface area (Å²) in [7, 11) is 0. The quantitative estimate of drug-likeness (QED) is 0.888. The third-order valence-corrected chi connectivity index (χ3v) is 3.75. The summed E-state index contributed by atoms with van der Waals surface area (Å²) >= 11 is 5.92. The van der Waals surface area contributed by atoms with Crippen molar-refractivity contribution >= 4 is 23.5 Å². The molecule has 1 unspecified atom stereocenters. The second kappa shape index (κ2) is 7.19. The fourth-order valence-electron chi connectivity index (χ4n) is 2.47. The summed E-state index contributed by atoms with van der Waals surface area (Å²) in [6.07, 6.45) is -0.619. The van der Waals surface area contributed by atoms with Crippen LogP contribution in [-0.4, -0.2) is 53.3 Å². The number of hydrogen-bond acceptors (Lipinski definition) is 4. The number of rotatable bonds is 5. The van der Waals surface area contributed by atoms with Gasteiger partial charge in [-0.1, -0.05) is 17.7 Å². The van der Waals surface area contributed by atoms with Gasteiger partial charge in [0.1, 0.15) is 5.75 Å². The van der Waals surface area contributed by atoms with E-state index in [0.717, 1.165) is 0 Å². The highest BCUT2D eigenvalue weighted by Crippen LogP contribution is 2.24. The van der Waals surface area contributed by atoms with Crippen molar-refractivity contribution in [3.05, 3.63) is 29.3 Å². The van der Waals surface area contributed by atoms with Crippen LogP contribution < -0.4 is 4.74 Å². The van der Waals surface area contributed by atoms with Gasteiger partial charge >= 0.3 is 5.97 Å². The Kier molecular flexibility index (Phi) is 5.49. The fraction of sp³-hybridized carbons (Fsp3) is 0.500. The van der Waals surface area contributed by atoms with Gasteiger partial charge in [0.25, 0.3) is 5.91 Å². The summed E-state index contributed by atoms with van der Waals surface area (Å²) in [5.74, 6) is -0.652. The molecule has 0 bridgehead atoms. The van der Waals surface area contributed by atoms with E-state index in [4.69, 9.17) is 26.2 Å². The Hall–Kier alpha value is -1.79. The molecule has 1 N–H and O–H groups in total. The van der Waals surface area contributed by atoms with Crippen LogP contribution in [0.4, 0.5) is 0 Å². The summed E-state index contributed by atoms with van der Waals surface area (Å²) in [5.41, 5.74) is -1.09. The van der Waals surface area contributed by atoms with Crippen molar-refractivity contribution in [3.63, 3.8) is 0 Å². The molecule has 0 spiro atoms. The van der Waals surface area contributed by atoms with Crippen LogP contribution in [0.1, 0.15) is 20.3 Å². The molecule has 1 amide bonds. The molecule has 0 aromatic heterocycles. The molecule has 1 fully saturated rings. The highest BCUT2D eigenvalue weighted by molar-refractivity contribution is 6.30. The third kappa shape index (κ3) is 4.84. The maximum absolute atomic E-state index is 12.7. The van der Waals surface area contributed by atoms with Gasteiger partial charge in [0, 0.05) is 18.1 Å². The first kappa shape index (κ1) is 17.6. The Morgan fingerprint density at radius 2 is 2.22 bits per heavy atom. The zero-order chi connectivity index (χ0) is 17.0. The summed E-state index contributed by atoms with van der Waals surface area (Å²) in [4.78, 5) is 25.1. The predicted molar refractivity (Wildman–Crippen MR) is 84.7 cm³/mol. The Morgan fingerprint density at radius 3 is 2.87 bits per heavy atom. The van der Waals surface area contributed by atoms with E-state index in [1.807, 2.05) is 0 Å². The molecule has 6 nitrogen and oxygen atoms in total. The number of carboxylic acids is 1. The second-order valence-electron chi connectivity index (χ2n) is 5.91. The van der Waals surface area contributed by atoms with Gasteiger partial charge in [-0.15, -0.1) is 0 Å². The largest absolute Gasteiger partial charge is 0.481 e. The summed E-state index contributed by atoms with van der Waals surface area (Å²) in [6.45, 7) is 4.33. The lowest BCUT2D eigenvalue weighted by Gasteiger charge is -2.37. The molecule has 1 aliphatic rings. The van der Waals surface area contributed by atoms with Gasteiger partial charge in [-0.2, -0.15) is 0 Å². The average molecular weight is 342 g/mol. The smallest absolute Gasteiger partial charge is 0.306 e. The van der Waals surface area contributed by atoms with Gasteiger partial charge < -0.3 is 19.5 Å². The maximum atomic E-state index is 12.7. The molecule has 126 valence electrons. The molecular formula is C16H20ClNO5. The number of nitrogens with zero attached hydrogens (tertiary/aromatic N) is 1. The normalized spacial score (nSPS) is 18.6. The molecule has 1 aliphatic heterocycles. The van der Waals surface area contributed by atoms with Crippen molar-refractivity contribution in [1.82, 2.24) is 4.90 Å². The van der Waals surface area contributed by atoms with Gasteiger partial charge in [-0.3, -0.25) is 9.59 Å². The number of halogens is 1. The molecule has 1 aromatic carbocycles. The van der Waals surface area contributed by atoms with E-state index >= 15 is 0 Å².